The van der Waals surface area contributed by atoms with Gasteiger partial charge in [-0.05, 0) is 31.0 Å². The molecule has 2 aromatic rings. The minimum absolute atomic E-state index is 0.306. The van der Waals surface area contributed by atoms with Gasteiger partial charge in [-0.3, -0.25) is 4.98 Å². The Morgan fingerprint density at radius 1 is 1.32 bits per heavy atom. The van der Waals surface area contributed by atoms with Gasteiger partial charge < -0.3 is 10.1 Å². The van der Waals surface area contributed by atoms with E-state index in [1.54, 1.807) is 24.5 Å². The fraction of sp³-hybridized carbons (Fsp3) is 0.267. The molecule has 3 rings (SSSR count). The van der Waals surface area contributed by atoms with Crippen LogP contribution < -0.4 is 10.1 Å². The van der Waals surface area contributed by atoms with E-state index in [9.17, 15) is 4.39 Å². The van der Waals surface area contributed by atoms with Gasteiger partial charge in [-0.2, -0.15) is 0 Å². The van der Waals surface area contributed by atoms with Crippen molar-refractivity contribution >= 4 is 0 Å². The number of hydrogen-bond donors (Lipinski definition) is 1. The SMILES string of the molecule is Fc1cccc(Oc2cnccc2CNC2CC2)c1. The summed E-state index contributed by atoms with van der Waals surface area (Å²) in [7, 11) is 0. The van der Waals surface area contributed by atoms with Crippen molar-refractivity contribution in [3.63, 3.8) is 0 Å². The third-order valence-electron chi connectivity index (χ3n) is 3.05. The summed E-state index contributed by atoms with van der Waals surface area (Å²) in [4.78, 5) is 4.06. The minimum atomic E-state index is -0.306. The number of ether oxygens (including phenoxy) is 1. The molecule has 1 N–H and O–H groups in total. The first-order valence-electron chi connectivity index (χ1n) is 6.41. The average molecular weight is 258 g/mol. The zero-order chi connectivity index (χ0) is 13.1. The molecule has 0 saturated heterocycles. The van der Waals surface area contributed by atoms with Crippen LogP contribution in [0.4, 0.5) is 4.39 Å². The van der Waals surface area contributed by atoms with Gasteiger partial charge >= 0.3 is 0 Å². The van der Waals surface area contributed by atoms with Crippen LogP contribution >= 0.6 is 0 Å². The van der Waals surface area contributed by atoms with Gasteiger partial charge in [0.05, 0.1) is 6.20 Å². The van der Waals surface area contributed by atoms with Crippen LogP contribution in [0.25, 0.3) is 0 Å². The summed E-state index contributed by atoms with van der Waals surface area (Å²) in [5.74, 6) is 0.848. The quantitative estimate of drug-likeness (QED) is 0.893. The van der Waals surface area contributed by atoms with Gasteiger partial charge in [0.2, 0.25) is 0 Å². The lowest BCUT2D eigenvalue weighted by molar-refractivity contribution is 0.465. The van der Waals surface area contributed by atoms with E-state index in [-0.39, 0.29) is 5.82 Å². The molecule has 1 fully saturated rings. The van der Waals surface area contributed by atoms with Crippen LogP contribution in [0.5, 0.6) is 11.5 Å². The number of hydrogen-bond acceptors (Lipinski definition) is 3. The second-order valence-corrected chi connectivity index (χ2v) is 4.70. The fourth-order valence-corrected chi connectivity index (χ4v) is 1.85. The van der Waals surface area contributed by atoms with Gasteiger partial charge in [0.1, 0.15) is 17.3 Å². The van der Waals surface area contributed by atoms with Crippen LogP contribution in [-0.2, 0) is 6.54 Å². The maximum Gasteiger partial charge on any atom is 0.150 e. The van der Waals surface area contributed by atoms with Crippen LogP contribution in [0.2, 0.25) is 0 Å². The molecule has 1 aromatic heterocycles. The van der Waals surface area contributed by atoms with Crippen molar-refractivity contribution in [2.75, 3.05) is 0 Å². The Balaban J connectivity index is 1.75. The van der Waals surface area contributed by atoms with Crippen LogP contribution in [0.15, 0.2) is 42.7 Å². The molecular weight excluding hydrogens is 243 g/mol. The molecule has 0 aliphatic heterocycles. The second-order valence-electron chi connectivity index (χ2n) is 4.70. The first kappa shape index (κ1) is 12.1. The molecule has 4 heteroatoms. The number of aromatic nitrogens is 1. The first-order valence-corrected chi connectivity index (χ1v) is 6.41. The normalized spacial score (nSPS) is 14.4. The van der Waals surface area contributed by atoms with Crippen molar-refractivity contribution < 1.29 is 9.13 Å². The average Bonchev–Trinajstić information content (AvgIpc) is 3.22. The topological polar surface area (TPSA) is 34.1 Å². The van der Waals surface area contributed by atoms with Crippen LogP contribution in [-0.4, -0.2) is 11.0 Å². The monoisotopic (exact) mass is 258 g/mol. The van der Waals surface area contributed by atoms with Crippen molar-refractivity contribution in [3.8, 4) is 11.5 Å². The third kappa shape index (κ3) is 3.29. The Bertz CT molecular complexity index is 570. The number of nitrogens with zero attached hydrogens (tertiary/aromatic N) is 1. The molecule has 0 amide bonds. The molecule has 0 radical (unpaired) electrons. The van der Waals surface area contributed by atoms with E-state index in [4.69, 9.17) is 4.74 Å². The summed E-state index contributed by atoms with van der Waals surface area (Å²) < 4.78 is 18.8. The van der Waals surface area contributed by atoms with E-state index >= 15 is 0 Å². The molecule has 1 aliphatic carbocycles. The molecule has 1 saturated carbocycles. The van der Waals surface area contributed by atoms with Crippen molar-refractivity contribution in [1.82, 2.24) is 10.3 Å². The Morgan fingerprint density at radius 3 is 3.00 bits per heavy atom. The van der Waals surface area contributed by atoms with E-state index < -0.39 is 0 Å². The smallest absolute Gasteiger partial charge is 0.150 e. The highest BCUT2D eigenvalue weighted by molar-refractivity contribution is 5.35. The lowest BCUT2D eigenvalue weighted by atomic mass is 10.2. The minimum Gasteiger partial charge on any atom is -0.455 e. The molecule has 0 bridgehead atoms. The summed E-state index contributed by atoms with van der Waals surface area (Å²) in [5, 5.41) is 3.43. The van der Waals surface area contributed by atoms with E-state index in [0.717, 1.165) is 12.1 Å². The van der Waals surface area contributed by atoms with Gasteiger partial charge in [0, 0.05) is 30.4 Å². The molecule has 1 aliphatic rings. The van der Waals surface area contributed by atoms with Crippen LogP contribution in [0.1, 0.15) is 18.4 Å². The highest BCUT2D eigenvalue weighted by Gasteiger charge is 2.20. The van der Waals surface area contributed by atoms with E-state index in [1.165, 1.54) is 25.0 Å². The first-order chi connectivity index (χ1) is 9.31. The summed E-state index contributed by atoms with van der Waals surface area (Å²) in [6, 6.07) is 8.67. The largest absolute Gasteiger partial charge is 0.455 e. The van der Waals surface area contributed by atoms with Gasteiger partial charge in [0.15, 0.2) is 0 Å². The van der Waals surface area contributed by atoms with Crippen LogP contribution in [0, 0.1) is 5.82 Å². The molecule has 0 unspecified atom stereocenters. The lowest BCUT2D eigenvalue weighted by Gasteiger charge is -2.11. The van der Waals surface area contributed by atoms with Crippen molar-refractivity contribution in [1.29, 1.82) is 0 Å². The molecule has 19 heavy (non-hydrogen) atoms. The van der Waals surface area contributed by atoms with Gasteiger partial charge in [0.25, 0.3) is 0 Å². The summed E-state index contributed by atoms with van der Waals surface area (Å²) >= 11 is 0. The predicted octanol–water partition coefficient (Wildman–Crippen LogP) is 3.27. The maximum absolute atomic E-state index is 13.1. The molecule has 1 aromatic carbocycles. The summed E-state index contributed by atoms with van der Waals surface area (Å²) in [6.07, 6.45) is 5.88. The predicted molar refractivity (Wildman–Crippen MR) is 70.6 cm³/mol. The van der Waals surface area contributed by atoms with Crippen molar-refractivity contribution in [3.05, 3.63) is 54.1 Å². The highest BCUT2D eigenvalue weighted by atomic mass is 19.1. The zero-order valence-corrected chi connectivity index (χ0v) is 10.5. The number of pyridine rings is 1. The molecule has 0 atom stereocenters. The third-order valence-corrected chi connectivity index (χ3v) is 3.05. The van der Waals surface area contributed by atoms with E-state index in [2.05, 4.69) is 10.3 Å². The number of halogens is 1. The number of benzene rings is 1. The number of nitrogens with one attached hydrogen (secondary N) is 1. The van der Waals surface area contributed by atoms with Crippen molar-refractivity contribution in [2.45, 2.75) is 25.4 Å². The van der Waals surface area contributed by atoms with Gasteiger partial charge in [-0.25, -0.2) is 4.39 Å². The number of rotatable bonds is 5. The molecule has 3 nitrogen and oxygen atoms in total. The molecule has 98 valence electrons. The fourth-order valence-electron chi connectivity index (χ4n) is 1.85. The Morgan fingerprint density at radius 2 is 2.21 bits per heavy atom. The van der Waals surface area contributed by atoms with Crippen LogP contribution in [0.3, 0.4) is 0 Å². The summed E-state index contributed by atoms with van der Waals surface area (Å²) in [6.45, 7) is 0.748. The van der Waals surface area contributed by atoms with Gasteiger partial charge in [-0.15, -0.1) is 0 Å². The highest BCUT2D eigenvalue weighted by Crippen LogP contribution is 2.26. The maximum atomic E-state index is 13.1. The van der Waals surface area contributed by atoms with E-state index in [0.29, 0.717) is 17.5 Å². The molecule has 0 spiro atoms. The summed E-state index contributed by atoms with van der Waals surface area (Å²) in [5.41, 5.74) is 1.03. The standard InChI is InChI=1S/C15H15FN2O/c16-12-2-1-3-14(8-12)19-15-10-17-7-6-11(15)9-18-13-4-5-13/h1-3,6-8,10,13,18H,4-5,9H2. The lowest BCUT2D eigenvalue weighted by Crippen LogP contribution is -2.15. The molecule has 1 heterocycles. The van der Waals surface area contributed by atoms with E-state index in [1.807, 2.05) is 6.07 Å². The van der Waals surface area contributed by atoms with Gasteiger partial charge in [-0.1, -0.05) is 6.07 Å². The Kier molecular flexibility index (Phi) is 3.42. The zero-order valence-electron chi connectivity index (χ0n) is 10.5. The second kappa shape index (κ2) is 5.36. The Hall–Kier alpha value is -1.94. The Labute approximate surface area is 111 Å². The molecular formula is C15H15FN2O. The van der Waals surface area contributed by atoms with Crippen molar-refractivity contribution in [2.24, 2.45) is 0 Å².